The summed E-state index contributed by atoms with van der Waals surface area (Å²) in [4.78, 5) is 32.3. The van der Waals surface area contributed by atoms with Gasteiger partial charge in [0.2, 0.25) is 0 Å². The Bertz CT molecular complexity index is 732. The van der Waals surface area contributed by atoms with E-state index in [0.717, 1.165) is 31.2 Å². The van der Waals surface area contributed by atoms with E-state index in [4.69, 9.17) is 0 Å². The number of carboxylic acids is 1. The second-order valence-corrected chi connectivity index (χ2v) is 6.21. The Morgan fingerprint density at radius 2 is 2.20 bits per heavy atom. The van der Waals surface area contributed by atoms with E-state index >= 15 is 0 Å². The third-order valence-corrected chi connectivity index (χ3v) is 5.05. The van der Waals surface area contributed by atoms with E-state index in [2.05, 4.69) is 9.97 Å². The van der Waals surface area contributed by atoms with E-state index < -0.39 is 11.9 Å². The van der Waals surface area contributed by atoms with Crippen molar-refractivity contribution in [2.75, 3.05) is 0 Å². The maximum atomic E-state index is 12.3. The Morgan fingerprint density at radius 3 is 2.90 bits per heavy atom. The van der Waals surface area contributed by atoms with E-state index in [1.165, 1.54) is 16.2 Å². The van der Waals surface area contributed by atoms with Crippen LogP contribution in [0.2, 0.25) is 0 Å². The molecule has 5 nitrogen and oxygen atoms in total. The molecular formula is C14H15N2O3S-. The molecule has 0 radical (unpaired) electrons. The third-order valence-electron chi connectivity index (χ3n) is 3.87. The number of carbonyl (C=O) groups is 1. The average Bonchev–Trinajstić information content (AvgIpc) is 2.77. The number of thiophene rings is 1. The number of carbonyl (C=O) groups excluding carboxylic acids is 1. The molecular weight excluding hydrogens is 276 g/mol. The Morgan fingerprint density at radius 1 is 1.45 bits per heavy atom. The normalized spacial score (nSPS) is 16.1. The van der Waals surface area contributed by atoms with Crippen molar-refractivity contribution in [2.24, 2.45) is 0 Å². The average molecular weight is 291 g/mol. The van der Waals surface area contributed by atoms with Gasteiger partial charge in [0.15, 0.2) is 0 Å². The van der Waals surface area contributed by atoms with Gasteiger partial charge >= 0.3 is 0 Å². The number of carboxylic acid groups (broad SMARTS) is 1. The largest absolute Gasteiger partial charge is 0.549 e. The van der Waals surface area contributed by atoms with Crippen molar-refractivity contribution < 1.29 is 9.90 Å². The molecule has 1 aliphatic rings. The van der Waals surface area contributed by atoms with Gasteiger partial charge < -0.3 is 14.9 Å². The Hall–Kier alpha value is -1.69. The molecule has 0 amide bonds. The van der Waals surface area contributed by atoms with Crippen molar-refractivity contribution in [1.82, 2.24) is 9.97 Å². The highest BCUT2D eigenvalue weighted by Crippen LogP contribution is 2.34. The molecule has 2 heterocycles. The second-order valence-electron chi connectivity index (χ2n) is 5.12. The lowest BCUT2D eigenvalue weighted by atomic mass is 9.97. The maximum Gasteiger partial charge on any atom is 0.259 e. The first-order valence-electron chi connectivity index (χ1n) is 6.87. The SMILES string of the molecule is CCC(C(=O)[O-])c1nc2sc3c(c2c(=O)[nH]1)CCCC3. The molecule has 2 aromatic rings. The number of H-pyrrole nitrogens is 1. The molecule has 0 spiro atoms. The van der Waals surface area contributed by atoms with Crippen LogP contribution in [0.3, 0.4) is 0 Å². The molecule has 1 N–H and O–H groups in total. The lowest BCUT2D eigenvalue weighted by Gasteiger charge is -2.14. The van der Waals surface area contributed by atoms with E-state index in [1.807, 2.05) is 0 Å². The van der Waals surface area contributed by atoms with Crippen LogP contribution in [-0.4, -0.2) is 15.9 Å². The first kappa shape index (κ1) is 13.3. The van der Waals surface area contributed by atoms with Gasteiger partial charge in [-0.1, -0.05) is 6.92 Å². The smallest absolute Gasteiger partial charge is 0.259 e. The molecule has 0 saturated heterocycles. The molecule has 2 aromatic heterocycles. The van der Waals surface area contributed by atoms with Crippen LogP contribution in [0.1, 0.15) is 48.4 Å². The van der Waals surface area contributed by atoms with Gasteiger partial charge in [-0.15, -0.1) is 11.3 Å². The molecule has 0 fully saturated rings. The van der Waals surface area contributed by atoms with Crippen molar-refractivity contribution >= 4 is 27.5 Å². The number of aromatic amines is 1. The fourth-order valence-electron chi connectivity index (χ4n) is 2.82. The van der Waals surface area contributed by atoms with Crippen LogP contribution in [0.25, 0.3) is 10.2 Å². The van der Waals surface area contributed by atoms with E-state index in [1.54, 1.807) is 6.92 Å². The first-order valence-corrected chi connectivity index (χ1v) is 7.68. The van der Waals surface area contributed by atoms with Crippen molar-refractivity contribution in [3.05, 3.63) is 26.6 Å². The standard InChI is InChI=1S/C14H16N2O3S/c1-2-7(14(18)19)11-15-12(17)10-8-5-3-4-6-9(8)20-13(10)16-11/h7H,2-6H2,1H3,(H,18,19)(H,15,16,17)/p-1. The minimum atomic E-state index is -1.20. The zero-order valence-electron chi connectivity index (χ0n) is 11.2. The molecule has 6 heteroatoms. The molecule has 1 aliphatic carbocycles. The molecule has 3 rings (SSSR count). The summed E-state index contributed by atoms with van der Waals surface area (Å²) < 4.78 is 0. The topological polar surface area (TPSA) is 85.9 Å². The summed E-state index contributed by atoms with van der Waals surface area (Å²) in [5.74, 6) is -1.84. The van der Waals surface area contributed by atoms with Crippen molar-refractivity contribution in [3.8, 4) is 0 Å². The fourth-order valence-corrected chi connectivity index (χ4v) is 4.09. The zero-order valence-corrected chi connectivity index (χ0v) is 12.0. The number of aromatic nitrogens is 2. The van der Waals surface area contributed by atoms with Crippen LogP contribution < -0.4 is 10.7 Å². The summed E-state index contributed by atoms with van der Waals surface area (Å²) in [6.07, 6.45) is 4.49. The van der Waals surface area contributed by atoms with Crippen LogP contribution in [0.4, 0.5) is 0 Å². The molecule has 1 unspecified atom stereocenters. The van der Waals surface area contributed by atoms with Crippen molar-refractivity contribution in [1.29, 1.82) is 0 Å². The highest BCUT2D eigenvalue weighted by atomic mass is 32.1. The number of fused-ring (bicyclic) bond motifs is 3. The van der Waals surface area contributed by atoms with Gasteiger partial charge in [0, 0.05) is 4.88 Å². The Labute approximate surface area is 119 Å². The van der Waals surface area contributed by atoms with E-state index in [0.29, 0.717) is 16.6 Å². The van der Waals surface area contributed by atoms with Crippen LogP contribution >= 0.6 is 11.3 Å². The Balaban J connectivity index is 2.20. The molecule has 0 bridgehead atoms. The molecule has 20 heavy (non-hydrogen) atoms. The molecule has 0 saturated carbocycles. The van der Waals surface area contributed by atoms with Gasteiger partial charge in [-0.25, -0.2) is 4.98 Å². The van der Waals surface area contributed by atoms with Crippen LogP contribution in [0.5, 0.6) is 0 Å². The molecule has 106 valence electrons. The number of nitrogens with one attached hydrogen (secondary N) is 1. The van der Waals surface area contributed by atoms with Gasteiger partial charge in [-0.2, -0.15) is 0 Å². The first-order chi connectivity index (χ1) is 9.61. The number of nitrogens with zero attached hydrogens (tertiary/aromatic N) is 1. The monoisotopic (exact) mass is 291 g/mol. The molecule has 0 aromatic carbocycles. The predicted molar refractivity (Wildman–Crippen MR) is 74.9 cm³/mol. The highest BCUT2D eigenvalue weighted by molar-refractivity contribution is 7.18. The lowest BCUT2D eigenvalue weighted by molar-refractivity contribution is -0.308. The minimum Gasteiger partial charge on any atom is -0.549 e. The quantitative estimate of drug-likeness (QED) is 0.917. The van der Waals surface area contributed by atoms with Crippen molar-refractivity contribution in [2.45, 2.75) is 44.9 Å². The van der Waals surface area contributed by atoms with Crippen LogP contribution in [-0.2, 0) is 17.6 Å². The van der Waals surface area contributed by atoms with Gasteiger partial charge in [-0.05, 0) is 37.7 Å². The zero-order chi connectivity index (χ0) is 14.3. The number of hydrogen-bond donors (Lipinski definition) is 1. The lowest BCUT2D eigenvalue weighted by Crippen LogP contribution is -2.31. The fraction of sp³-hybridized carbons (Fsp3) is 0.500. The number of aliphatic carboxylic acids is 1. The summed E-state index contributed by atoms with van der Waals surface area (Å²) in [6, 6.07) is 0. The summed E-state index contributed by atoms with van der Waals surface area (Å²) in [5, 5.41) is 11.8. The number of aryl methyl sites for hydroxylation is 2. The molecule has 0 aliphatic heterocycles. The van der Waals surface area contributed by atoms with Gasteiger partial charge in [0.1, 0.15) is 10.7 Å². The van der Waals surface area contributed by atoms with Gasteiger partial charge in [0.25, 0.3) is 5.56 Å². The summed E-state index contributed by atoms with van der Waals surface area (Å²) in [6.45, 7) is 1.74. The van der Waals surface area contributed by atoms with E-state index in [9.17, 15) is 14.7 Å². The number of hydrogen-bond acceptors (Lipinski definition) is 5. The minimum absolute atomic E-state index is 0.212. The van der Waals surface area contributed by atoms with Crippen molar-refractivity contribution in [3.63, 3.8) is 0 Å². The van der Waals surface area contributed by atoms with Gasteiger partial charge in [0.05, 0.1) is 17.3 Å². The summed E-state index contributed by atoms with van der Waals surface area (Å²) >= 11 is 1.52. The second kappa shape index (κ2) is 5.01. The van der Waals surface area contributed by atoms with Gasteiger partial charge in [-0.3, -0.25) is 4.79 Å². The Kier molecular flexibility index (Phi) is 3.33. The summed E-state index contributed by atoms with van der Waals surface area (Å²) in [7, 11) is 0. The van der Waals surface area contributed by atoms with E-state index in [-0.39, 0.29) is 11.4 Å². The predicted octanol–water partition coefficient (Wildman–Crippen LogP) is 1.11. The highest BCUT2D eigenvalue weighted by Gasteiger charge is 2.21. The number of rotatable bonds is 3. The maximum absolute atomic E-state index is 12.3. The molecule has 1 atom stereocenters. The third kappa shape index (κ3) is 2.04. The van der Waals surface area contributed by atoms with Crippen LogP contribution in [0.15, 0.2) is 4.79 Å². The summed E-state index contributed by atoms with van der Waals surface area (Å²) in [5.41, 5.74) is 0.891. The van der Waals surface area contributed by atoms with Crippen LogP contribution in [0, 0.1) is 0 Å².